The van der Waals surface area contributed by atoms with Gasteiger partial charge in [0.15, 0.2) is 0 Å². The van der Waals surface area contributed by atoms with Crippen molar-refractivity contribution >= 4 is 27.5 Å². The molecule has 1 fully saturated rings. The highest BCUT2D eigenvalue weighted by Gasteiger charge is 2.32. The zero-order valence-corrected chi connectivity index (χ0v) is 13.2. The zero-order chi connectivity index (χ0) is 15.5. The molecule has 1 aromatic rings. The molecule has 0 aromatic heterocycles. The van der Waals surface area contributed by atoms with Gasteiger partial charge in [-0.2, -0.15) is 0 Å². The molecular weight excluding hydrogens is 312 g/mol. The Morgan fingerprint density at radius 2 is 1.95 bits per heavy atom. The van der Waals surface area contributed by atoms with E-state index in [0.29, 0.717) is 23.4 Å². The summed E-state index contributed by atoms with van der Waals surface area (Å²) in [7, 11) is -3.57. The number of halogens is 1. The van der Waals surface area contributed by atoms with Crippen LogP contribution in [-0.4, -0.2) is 20.4 Å². The fraction of sp³-hybridized carbons (Fsp3) is 0.500. The highest BCUT2D eigenvalue weighted by molar-refractivity contribution is 7.88. The number of sulfonamides is 1. The highest BCUT2D eigenvalue weighted by atomic mass is 35.5. The summed E-state index contributed by atoms with van der Waals surface area (Å²) in [4.78, 5) is 11.4. The summed E-state index contributed by atoms with van der Waals surface area (Å²) in [6, 6.07) is 6.40. The van der Waals surface area contributed by atoms with Crippen molar-refractivity contribution in [3.05, 3.63) is 34.9 Å². The largest absolute Gasteiger partial charge is 0.369 e. The van der Waals surface area contributed by atoms with Crippen molar-refractivity contribution in [2.75, 3.05) is 0 Å². The van der Waals surface area contributed by atoms with Crippen LogP contribution in [-0.2, 0) is 20.6 Å². The van der Waals surface area contributed by atoms with E-state index < -0.39 is 27.9 Å². The lowest BCUT2D eigenvalue weighted by molar-refractivity contribution is -0.123. The number of hydrogen-bond donors (Lipinski definition) is 2. The van der Waals surface area contributed by atoms with Gasteiger partial charge < -0.3 is 5.73 Å². The van der Waals surface area contributed by atoms with Crippen molar-refractivity contribution in [1.82, 2.24) is 4.72 Å². The number of benzene rings is 1. The number of rotatable bonds is 5. The van der Waals surface area contributed by atoms with Gasteiger partial charge in [-0.25, -0.2) is 13.1 Å². The second-order valence-corrected chi connectivity index (χ2v) is 7.53. The van der Waals surface area contributed by atoms with Crippen LogP contribution in [0.5, 0.6) is 0 Å². The molecule has 2 atom stereocenters. The molecule has 0 unspecified atom stereocenters. The second-order valence-electron chi connectivity index (χ2n) is 5.37. The van der Waals surface area contributed by atoms with Gasteiger partial charge in [0.1, 0.15) is 0 Å². The highest BCUT2D eigenvalue weighted by Crippen LogP contribution is 2.25. The molecule has 2 rings (SSSR count). The minimum Gasteiger partial charge on any atom is -0.369 e. The number of amides is 1. The van der Waals surface area contributed by atoms with Crippen molar-refractivity contribution in [2.45, 2.75) is 37.5 Å². The van der Waals surface area contributed by atoms with Crippen molar-refractivity contribution in [1.29, 1.82) is 0 Å². The molecule has 0 saturated heterocycles. The quantitative estimate of drug-likeness (QED) is 0.862. The number of nitrogens with one attached hydrogen (secondary N) is 1. The van der Waals surface area contributed by atoms with E-state index in [1.54, 1.807) is 24.3 Å². The molecule has 21 heavy (non-hydrogen) atoms. The Morgan fingerprint density at radius 3 is 2.62 bits per heavy atom. The minimum absolute atomic E-state index is 0.200. The number of carbonyl (C=O) groups excluding carboxylic acids is 1. The van der Waals surface area contributed by atoms with Crippen molar-refractivity contribution < 1.29 is 13.2 Å². The third kappa shape index (κ3) is 4.43. The van der Waals surface area contributed by atoms with Crippen LogP contribution in [0, 0.1) is 5.92 Å². The van der Waals surface area contributed by atoms with E-state index in [9.17, 15) is 13.2 Å². The normalized spacial score (nSPS) is 22.9. The van der Waals surface area contributed by atoms with E-state index in [0.717, 1.165) is 12.8 Å². The molecule has 0 aliphatic heterocycles. The molecule has 1 amide bonds. The van der Waals surface area contributed by atoms with Gasteiger partial charge in [-0.15, -0.1) is 0 Å². The van der Waals surface area contributed by atoms with Gasteiger partial charge >= 0.3 is 0 Å². The van der Waals surface area contributed by atoms with Crippen LogP contribution < -0.4 is 10.5 Å². The van der Waals surface area contributed by atoms with Crippen molar-refractivity contribution in [2.24, 2.45) is 11.7 Å². The monoisotopic (exact) mass is 330 g/mol. The lowest BCUT2D eigenvalue weighted by Crippen LogP contribution is -2.47. The first-order valence-electron chi connectivity index (χ1n) is 6.92. The van der Waals surface area contributed by atoms with Gasteiger partial charge in [-0.3, -0.25) is 4.79 Å². The van der Waals surface area contributed by atoms with E-state index in [2.05, 4.69) is 4.72 Å². The SMILES string of the molecule is NC(=O)[C@@H]1CCCC[C@H]1NS(=O)(=O)Cc1ccccc1Cl. The Labute approximate surface area is 129 Å². The van der Waals surface area contributed by atoms with Crippen LogP contribution >= 0.6 is 11.6 Å². The number of carbonyl (C=O) groups is 1. The van der Waals surface area contributed by atoms with Crippen LogP contribution in [0.1, 0.15) is 31.2 Å². The van der Waals surface area contributed by atoms with Crippen LogP contribution in [0.2, 0.25) is 5.02 Å². The van der Waals surface area contributed by atoms with E-state index >= 15 is 0 Å². The molecule has 7 heteroatoms. The topological polar surface area (TPSA) is 89.3 Å². The molecule has 0 bridgehead atoms. The lowest BCUT2D eigenvalue weighted by atomic mass is 9.85. The Bertz CT molecular complexity index is 618. The Kier molecular flexibility index (Phi) is 5.24. The van der Waals surface area contributed by atoms with Crippen LogP contribution in [0.15, 0.2) is 24.3 Å². The van der Waals surface area contributed by atoms with Gasteiger partial charge in [0, 0.05) is 11.1 Å². The van der Waals surface area contributed by atoms with E-state index in [1.807, 2.05) is 0 Å². The Balaban J connectivity index is 2.09. The summed E-state index contributed by atoms with van der Waals surface area (Å²) in [6.45, 7) is 0. The van der Waals surface area contributed by atoms with Crippen LogP contribution in [0.4, 0.5) is 0 Å². The summed E-state index contributed by atoms with van der Waals surface area (Å²) in [5, 5.41) is 0.415. The van der Waals surface area contributed by atoms with Gasteiger partial charge in [0.25, 0.3) is 0 Å². The fourth-order valence-electron chi connectivity index (χ4n) is 2.70. The first kappa shape index (κ1) is 16.3. The summed E-state index contributed by atoms with van der Waals surface area (Å²) in [5.41, 5.74) is 5.90. The van der Waals surface area contributed by atoms with Crippen molar-refractivity contribution in [3.63, 3.8) is 0 Å². The van der Waals surface area contributed by atoms with Crippen LogP contribution in [0.3, 0.4) is 0 Å². The number of primary amides is 1. The molecule has 0 spiro atoms. The average Bonchev–Trinajstić information content (AvgIpc) is 2.41. The predicted molar refractivity (Wildman–Crippen MR) is 82.2 cm³/mol. The van der Waals surface area contributed by atoms with Crippen LogP contribution in [0.25, 0.3) is 0 Å². The maximum Gasteiger partial charge on any atom is 0.222 e. The molecule has 3 N–H and O–H groups in total. The summed E-state index contributed by atoms with van der Waals surface area (Å²) in [5.74, 6) is -1.07. The molecule has 1 aliphatic rings. The molecule has 5 nitrogen and oxygen atoms in total. The zero-order valence-electron chi connectivity index (χ0n) is 11.6. The second kappa shape index (κ2) is 6.77. The van der Waals surface area contributed by atoms with Gasteiger partial charge in [0.05, 0.1) is 11.7 Å². The van der Waals surface area contributed by atoms with Gasteiger partial charge in [-0.1, -0.05) is 42.6 Å². The molecule has 1 aliphatic carbocycles. The minimum atomic E-state index is -3.57. The molecule has 0 radical (unpaired) electrons. The Hall–Kier alpha value is -1.11. The molecule has 1 saturated carbocycles. The van der Waals surface area contributed by atoms with E-state index in [-0.39, 0.29) is 5.75 Å². The maximum atomic E-state index is 12.3. The molecular formula is C14H19ClN2O3S. The molecule has 1 aromatic carbocycles. The summed E-state index contributed by atoms with van der Waals surface area (Å²) >= 11 is 5.99. The molecule has 116 valence electrons. The van der Waals surface area contributed by atoms with Gasteiger partial charge in [0.2, 0.25) is 15.9 Å². The van der Waals surface area contributed by atoms with E-state index in [1.165, 1.54) is 0 Å². The number of hydrogen-bond acceptors (Lipinski definition) is 3. The third-order valence-electron chi connectivity index (χ3n) is 3.77. The first-order chi connectivity index (χ1) is 9.89. The lowest BCUT2D eigenvalue weighted by Gasteiger charge is -2.29. The first-order valence-corrected chi connectivity index (χ1v) is 8.95. The molecule has 0 heterocycles. The Morgan fingerprint density at radius 1 is 1.29 bits per heavy atom. The smallest absolute Gasteiger partial charge is 0.222 e. The maximum absolute atomic E-state index is 12.3. The van der Waals surface area contributed by atoms with Crippen molar-refractivity contribution in [3.8, 4) is 0 Å². The third-order valence-corrected chi connectivity index (χ3v) is 5.49. The summed E-state index contributed by atoms with van der Waals surface area (Å²) < 4.78 is 27.1. The predicted octanol–water partition coefficient (Wildman–Crippen LogP) is 1.80. The standard InChI is InChI=1S/C14H19ClN2O3S/c15-12-7-3-1-5-10(12)9-21(19,20)17-13-8-4-2-6-11(13)14(16)18/h1,3,5,7,11,13,17H,2,4,6,8-9H2,(H2,16,18)/t11-,13-/m1/s1. The summed E-state index contributed by atoms with van der Waals surface area (Å²) in [6.07, 6.45) is 3.06. The van der Waals surface area contributed by atoms with E-state index in [4.69, 9.17) is 17.3 Å². The van der Waals surface area contributed by atoms with Gasteiger partial charge in [-0.05, 0) is 24.5 Å². The average molecular weight is 331 g/mol. The fourth-order valence-corrected chi connectivity index (χ4v) is 4.47. The number of nitrogens with two attached hydrogens (primary N) is 1.